The van der Waals surface area contributed by atoms with Crippen molar-refractivity contribution in [3.05, 3.63) is 82.1 Å². The zero-order chi connectivity index (χ0) is 21.5. The van der Waals surface area contributed by atoms with E-state index in [0.717, 1.165) is 11.8 Å². The molecule has 1 amide bonds. The van der Waals surface area contributed by atoms with E-state index in [2.05, 4.69) is 21.5 Å². The standard InChI is InChI=1S/C21H18N6O2S/c22-11-17-16(10-19(28)26-21(17)30-12-18(23)27-24)13-5-4-6-14(9-13)20(29)25-15-7-2-1-3-8-15/h1-10H,12,24H2,(H2,23,27)(H,25,29)(H,26,28). The molecular formula is C21H18N6O2S. The Morgan fingerprint density at radius 1 is 1.17 bits per heavy atom. The number of carbonyl (C=O) groups excluding carboxylic acids is 1. The van der Waals surface area contributed by atoms with Crippen LogP contribution < -0.4 is 22.5 Å². The quantitative estimate of drug-likeness (QED) is 0.159. The smallest absolute Gasteiger partial charge is 0.255 e. The van der Waals surface area contributed by atoms with E-state index in [1.54, 1.807) is 36.4 Å². The van der Waals surface area contributed by atoms with Crippen LogP contribution in [0.15, 0.2) is 75.6 Å². The summed E-state index contributed by atoms with van der Waals surface area (Å²) < 4.78 is 0. The van der Waals surface area contributed by atoms with Crippen molar-refractivity contribution < 1.29 is 4.79 Å². The summed E-state index contributed by atoms with van der Waals surface area (Å²) >= 11 is 1.15. The number of hydrogen-bond donors (Lipinski definition) is 4. The van der Waals surface area contributed by atoms with Crippen LogP contribution in [0.5, 0.6) is 0 Å². The molecule has 1 aromatic heterocycles. The summed E-state index contributed by atoms with van der Waals surface area (Å²) in [5.41, 5.74) is 7.54. The molecule has 0 saturated carbocycles. The number of H-pyrrole nitrogens is 1. The monoisotopic (exact) mass is 418 g/mol. The van der Waals surface area contributed by atoms with Gasteiger partial charge in [0.15, 0.2) is 0 Å². The zero-order valence-electron chi connectivity index (χ0n) is 15.8. The number of nitrogens with two attached hydrogens (primary N) is 2. The van der Waals surface area contributed by atoms with Crippen LogP contribution in [0.25, 0.3) is 11.1 Å². The summed E-state index contributed by atoms with van der Waals surface area (Å²) in [6, 6.07) is 19.2. The number of para-hydroxylation sites is 1. The third-order valence-electron chi connectivity index (χ3n) is 4.12. The highest BCUT2D eigenvalue weighted by atomic mass is 32.2. The largest absolute Gasteiger partial charge is 0.385 e. The highest BCUT2D eigenvalue weighted by Gasteiger charge is 2.15. The van der Waals surface area contributed by atoms with Gasteiger partial charge in [-0.3, -0.25) is 9.59 Å². The van der Waals surface area contributed by atoms with Crippen LogP contribution in [0, 0.1) is 11.3 Å². The van der Waals surface area contributed by atoms with Crippen molar-refractivity contribution in [2.45, 2.75) is 5.03 Å². The molecule has 0 unspecified atom stereocenters. The summed E-state index contributed by atoms with van der Waals surface area (Å²) in [4.78, 5) is 27.4. The highest BCUT2D eigenvalue weighted by Crippen LogP contribution is 2.29. The molecule has 0 saturated heterocycles. The molecule has 3 aromatic rings. The lowest BCUT2D eigenvalue weighted by Crippen LogP contribution is -2.17. The SMILES string of the molecule is N#Cc1c(-c2cccc(C(=O)Nc3ccccc3)c2)cc(=O)[nH]c1SC/C(N)=N/N. The molecule has 8 nitrogen and oxygen atoms in total. The Labute approximate surface area is 176 Å². The first-order valence-corrected chi connectivity index (χ1v) is 9.79. The number of nitriles is 1. The number of thioether (sulfide) groups is 1. The van der Waals surface area contributed by atoms with Gasteiger partial charge in [-0.2, -0.15) is 10.4 Å². The van der Waals surface area contributed by atoms with Crippen LogP contribution in [-0.4, -0.2) is 22.5 Å². The number of nitrogens with zero attached hydrogens (tertiary/aromatic N) is 2. The van der Waals surface area contributed by atoms with E-state index in [0.29, 0.717) is 27.4 Å². The second kappa shape index (κ2) is 9.45. The number of hydrazone groups is 1. The highest BCUT2D eigenvalue weighted by molar-refractivity contribution is 8.00. The minimum atomic E-state index is -0.381. The van der Waals surface area contributed by atoms with Gasteiger partial charge in [0.2, 0.25) is 5.56 Å². The fourth-order valence-electron chi connectivity index (χ4n) is 2.72. The summed E-state index contributed by atoms with van der Waals surface area (Å²) in [5, 5.41) is 16.2. The molecular weight excluding hydrogens is 400 g/mol. The number of benzene rings is 2. The Morgan fingerprint density at radius 3 is 2.63 bits per heavy atom. The molecule has 150 valence electrons. The van der Waals surface area contributed by atoms with Crippen molar-refractivity contribution >= 4 is 29.2 Å². The van der Waals surface area contributed by atoms with Crippen molar-refractivity contribution in [2.75, 3.05) is 11.1 Å². The summed E-state index contributed by atoms with van der Waals surface area (Å²) in [7, 11) is 0. The molecule has 0 fully saturated rings. The number of pyridine rings is 1. The molecule has 0 bridgehead atoms. The summed E-state index contributed by atoms with van der Waals surface area (Å²) in [5.74, 6) is 5.22. The van der Waals surface area contributed by atoms with Crippen LogP contribution >= 0.6 is 11.8 Å². The molecule has 0 atom stereocenters. The van der Waals surface area contributed by atoms with E-state index < -0.39 is 0 Å². The van der Waals surface area contributed by atoms with Crippen molar-refractivity contribution in [1.82, 2.24) is 4.98 Å². The number of aromatic nitrogens is 1. The fraction of sp³-hybridized carbons (Fsp3) is 0.0476. The van der Waals surface area contributed by atoms with Gasteiger partial charge in [0, 0.05) is 22.9 Å². The van der Waals surface area contributed by atoms with Crippen LogP contribution in [0.2, 0.25) is 0 Å². The molecule has 1 heterocycles. The van der Waals surface area contributed by atoms with E-state index in [9.17, 15) is 14.9 Å². The van der Waals surface area contributed by atoms with Gasteiger partial charge in [-0.05, 0) is 29.8 Å². The second-order valence-corrected chi connectivity index (χ2v) is 7.16. The number of amides is 1. The number of nitrogens with one attached hydrogen (secondary N) is 2. The predicted octanol–water partition coefficient (Wildman–Crippen LogP) is 2.49. The van der Waals surface area contributed by atoms with E-state index >= 15 is 0 Å². The first-order valence-electron chi connectivity index (χ1n) is 8.81. The maximum absolute atomic E-state index is 12.6. The normalized spacial score (nSPS) is 11.0. The van der Waals surface area contributed by atoms with Crippen molar-refractivity contribution in [3.63, 3.8) is 0 Å². The molecule has 3 rings (SSSR count). The average molecular weight is 418 g/mol. The molecule has 2 aromatic carbocycles. The average Bonchev–Trinajstić information content (AvgIpc) is 2.77. The molecule has 30 heavy (non-hydrogen) atoms. The minimum absolute atomic E-state index is 0.176. The summed E-state index contributed by atoms with van der Waals surface area (Å²) in [6.07, 6.45) is 0. The van der Waals surface area contributed by atoms with Gasteiger partial charge >= 0.3 is 0 Å². The third-order valence-corrected chi connectivity index (χ3v) is 5.15. The van der Waals surface area contributed by atoms with E-state index in [4.69, 9.17) is 11.6 Å². The number of hydrogen-bond acceptors (Lipinski definition) is 6. The van der Waals surface area contributed by atoms with E-state index in [1.807, 2.05) is 18.2 Å². The number of anilines is 1. The fourth-order valence-corrected chi connectivity index (χ4v) is 3.56. The molecule has 0 radical (unpaired) electrons. The Kier molecular flexibility index (Phi) is 6.52. The van der Waals surface area contributed by atoms with Gasteiger partial charge in [-0.15, -0.1) is 0 Å². The van der Waals surface area contributed by atoms with Gasteiger partial charge in [-0.1, -0.05) is 42.1 Å². The van der Waals surface area contributed by atoms with Gasteiger partial charge in [0.25, 0.3) is 5.91 Å². The number of rotatable bonds is 6. The molecule has 0 aliphatic rings. The van der Waals surface area contributed by atoms with Gasteiger partial charge in [0.1, 0.15) is 11.9 Å². The van der Waals surface area contributed by atoms with Crippen molar-refractivity contribution in [2.24, 2.45) is 16.7 Å². The van der Waals surface area contributed by atoms with Crippen molar-refractivity contribution in [3.8, 4) is 17.2 Å². The Balaban J connectivity index is 1.97. The van der Waals surface area contributed by atoms with Crippen LogP contribution in [-0.2, 0) is 0 Å². The number of aromatic amines is 1. The molecule has 0 aliphatic heterocycles. The molecule has 0 spiro atoms. The first-order chi connectivity index (χ1) is 14.5. The molecule has 0 aliphatic carbocycles. The van der Waals surface area contributed by atoms with Gasteiger partial charge in [0.05, 0.1) is 16.3 Å². The number of carbonyl (C=O) groups is 1. The van der Waals surface area contributed by atoms with E-state index in [1.165, 1.54) is 6.07 Å². The number of amidine groups is 1. The maximum atomic E-state index is 12.6. The lowest BCUT2D eigenvalue weighted by molar-refractivity contribution is 0.102. The Morgan fingerprint density at radius 2 is 1.93 bits per heavy atom. The van der Waals surface area contributed by atoms with Crippen LogP contribution in [0.3, 0.4) is 0 Å². The minimum Gasteiger partial charge on any atom is -0.385 e. The van der Waals surface area contributed by atoms with Crippen LogP contribution in [0.4, 0.5) is 5.69 Å². The Bertz CT molecular complexity index is 1200. The molecule has 6 N–H and O–H groups in total. The van der Waals surface area contributed by atoms with E-state index in [-0.39, 0.29) is 28.6 Å². The topological polar surface area (TPSA) is 150 Å². The first kappa shape index (κ1) is 20.7. The summed E-state index contributed by atoms with van der Waals surface area (Å²) in [6.45, 7) is 0. The zero-order valence-corrected chi connectivity index (χ0v) is 16.6. The Hall–Kier alpha value is -4.03. The third kappa shape index (κ3) is 4.87. The predicted molar refractivity (Wildman–Crippen MR) is 118 cm³/mol. The lowest BCUT2D eigenvalue weighted by Gasteiger charge is -2.11. The molecule has 9 heteroatoms. The van der Waals surface area contributed by atoms with Crippen LogP contribution in [0.1, 0.15) is 15.9 Å². The van der Waals surface area contributed by atoms with Gasteiger partial charge < -0.3 is 21.9 Å². The van der Waals surface area contributed by atoms with Gasteiger partial charge in [-0.25, -0.2) is 0 Å². The second-order valence-electron chi connectivity index (χ2n) is 6.17. The maximum Gasteiger partial charge on any atom is 0.255 e. The van der Waals surface area contributed by atoms with Crippen molar-refractivity contribution in [1.29, 1.82) is 5.26 Å². The lowest BCUT2D eigenvalue weighted by atomic mass is 10.00.